The fourth-order valence-electron chi connectivity index (χ4n) is 0.0639. The second-order valence-corrected chi connectivity index (χ2v) is 3.31. The Morgan fingerprint density at radius 2 is 2.25 bits per heavy atom. The van der Waals surface area contributed by atoms with Crippen molar-refractivity contribution in [2.24, 2.45) is 5.28 Å². The molecule has 0 aliphatic carbocycles. The third-order valence-electron chi connectivity index (χ3n) is 0.179. The van der Waals surface area contributed by atoms with Crippen LogP contribution in [-0.4, -0.2) is 9.79 Å². The molecule has 46 valence electrons. The molecule has 0 aromatic heterocycles. The molecule has 0 radical (unpaired) electrons. The van der Waals surface area contributed by atoms with Gasteiger partial charge in [0.1, 0.15) is 5.28 Å². The first-order valence-corrected chi connectivity index (χ1v) is 3.97. The highest BCUT2D eigenvalue weighted by Gasteiger charge is 2.04. The molecule has 0 spiro atoms. The van der Waals surface area contributed by atoms with E-state index in [-0.39, 0.29) is 0 Å². The zero-order chi connectivity index (χ0) is 6.62. The van der Waals surface area contributed by atoms with Gasteiger partial charge in [-0.3, -0.25) is 0 Å². The van der Waals surface area contributed by atoms with Gasteiger partial charge in [0, 0.05) is 16.7 Å². The van der Waals surface area contributed by atoms with Gasteiger partial charge in [0.15, 0.2) is 0 Å². The highest BCUT2D eigenvalue weighted by Crippen LogP contribution is 2.36. The van der Waals surface area contributed by atoms with Gasteiger partial charge in [-0.2, -0.15) is 0 Å². The summed E-state index contributed by atoms with van der Waals surface area (Å²) in [5.41, 5.74) is 7.51. The van der Waals surface area contributed by atoms with E-state index in [4.69, 9.17) is 15.3 Å². The van der Waals surface area contributed by atoms with Crippen LogP contribution in [0.2, 0.25) is 0 Å². The fraction of sp³-hybridized carbons (Fsp3) is 0. The molecule has 8 heteroatoms. The maximum absolute atomic E-state index is 8.14. The van der Waals surface area contributed by atoms with Crippen molar-refractivity contribution in [3.8, 4) is 0 Å². The summed E-state index contributed by atoms with van der Waals surface area (Å²) in [5, 5.41) is 2.37. The Morgan fingerprint density at radius 1 is 1.75 bits per heavy atom. The van der Waals surface area contributed by atoms with E-state index in [2.05, 4.69) is 26.6 Å². The van der Waals surface area contributed by atoms with Crippen LogP contribution in [0.4, 0.5) is 0 Å². The van der Waals surface area contributed by atoms with Crippen LogP contribution in [0.15, 0.2) is 5.28 Å². The van der Waals surface area contributed by atoms with Crippen molar-refractivity contribution in [1.82, 2.24) is 0 Å². The third kappa shape index (κ3) is 5.68. The van der Waals surface area contributed by atoms with Gasteiger partial charge in [0.05, 0.1) is 0 Å². The van der Waals surface area contributed by atoms with Crippen molar-refractivity contribution in [1.29, 1.82) is 0 Å². The predicted octanol–water partition coefficient (Wildman–Crippen LogP) is 0.437. The highest BCUT2D eigenvalue weighted by atomic mass is 32.5. The lowest BCUT2D eigenvalue weighted by Gasteiger charge is -1.99. The summed E-state index contributed by atoms with van der Waals surface area (Å²) in [7, 11) is 0. The van der Waals surface area contributed by atoms with Gasteiger partial charge in [0.25, 0.3) is 0 Å². The summed E-state index contributed by atoms with van der Waals surface area (Å²) in [6.07, 6.45) is 0. The SMILES string of the molecule is [N-]=[N+]=NOP(O)(O)=S. The molecule has 0 unspecified atom stereocenters. The number of azide groups is 1. The van der Waals surface area contributed by atoms with Crippen LogP contribution in [-0.2, 0) is 16.4 Å². The lowest BCUT2D eigenvalue weighted by molar-refractivity contribution is 0.259. The van der Waals surface area contributed by atoms with Crippen molar-refractivity contribution >= 4 is 18.5 Å². The van der Waals surface area contributed by atoms with E-state index in [0.717, 1.165) is 0 Å². The highest BCUT2D eigenvalue weighted by molar-refractivity contribution is 8.06. The van der Waals surface area contributed by atoms with Gasteiger partial charge in [-0.1, -0.05) is 0 Å². The molecule has 0 aromatic rings. The minimum atomic E-state index is -3.77. The molecular weight excluding hydrogens is 153 g/mol. The molecule has 6 nitrogen and oxygen atoms in total. The van der Waals surface area contributed by atoms with Gasteiger partial charge in [-0.15, -0.1) is 0 Å². The maximum atomic E-state index is 8.14. The van der Waals surface area contributed by atoms with Crippen LogP contribution in [0, 0.1) is 0 Å². The topological polar surface area (TPSA) is 98.5 Å². The second-order valence-electron chi connectivity index (χ2n) is 0.743. The van der Waals surface area contributed by atoms with Crippen LogP contribution in [0.3, 0.4) is 0 Å². The van der Waals surface area contributed by atoms with E-state index in [1.165, 1.54) is 0 Å². The Morgan fingerprint density at radius 3 is 2.38 bits per heavy atom. The maximum Gasteiger partial charge on any atom is 0.381 e. The minimum Gasteiger partial charge on any atom is -0.357 e. The molecule has 0 aliphatic rings. The summed E-state index contributed by atoms with van der Waals surface area (Å²) in [5.74, 6) is 0. The van der Waals surface area contributed by atoms with Gasteiger partial charge >= 0.3 is 6.72 Å². The Labute approximate surface area is 49.5 Å². The number of nitrogens with zero attached hydrogens (tertiary/aromatic N) is 3. The first kappa shape index (κ1) is 7.68. The predicted molar refractivity (Wildman–Crippen MR) is 29.0 cm³/mol. The van der Waals surface area contributed by atoms with E-state index < -0.39 is 6.72 Å². The number of hydrogen-bond donors (Lipinski definition) is 2. The van der Waals surface area contributed by atoms with Gasteiger partial charge < -0.3 is 14.4 Å². The monoisotopic (exact) mass is 155 g/mol. The smallest absolute Gasteiger partial charge is 0.357 e. The largest absolute Gasteiger partial charge is 0.381 e. The van der Waals surface area contributed by atoms with Crippen LogP contribution >= 0.6 is 6.72 Å². The Bertz CT molecular complexity index is 154. The zero-order valence-corrected chi connectivity index (χ0v) is 5.21. The van der Waals surface area contributed by atoms with Crippen molar-refractivity contribution in [3.05, 3.63) is 10.4 Å². The lowest BCUT2D eigenvalue weighted by Crippen LogP contribution is -1.74. The minimum absolute atomic E-state index is 2.06. The molecule has 2 N–H and O–H groups in total. The first-order valence-electron chi connectivity index (χ1n) is 1.35. The average molecular weight is 155 g/mol. The molecule has 0 amide bonds. The Kier molecular flexibility index (Phi) is 2.75. The number of hydrogen-bond acceptors (Lipinski definition) is 3. The van der Waals surface area contributed by atoms with E-state index in [0.29, 0.717) is 0 Å². The van der Waals surface area contributed by atoms with Crippen molar-refractivity contribution < 1.29 is 14.4 Å². The Hall–Kier alpha value is -0.320. The first-order chi connectivity index (χ1) is 3.56. The van der Waals surface area contributed by atoms with Crippen molar-refractivity contribution in [2.75, 3.05) is 0 Å². The van der Waals surface area contributed by atoms with Gasteiger partial charge in [-0.05, 0) is 5.53 Å². The molecule has 0 saturated carbocycles. The summed E-state index contributed by atoms with van der Waals surface area (Å²) >= 11 is 3.89. The normalized spacial score (nSPS) is 9.75. The molecule has 0 saturated heterocycles. The van der Waals surface area contributed by atoms with Crippen LogP contribution in [0.5, 0.6) is 0 Å². The summed E-state index contributed by atoms with van der Waals surface area (Å²) in [6, 6.07) is 0. The average Bonchev–Trinajstić information content (AvgIpc) is 1.59. The fourth-order valence-corrected chi connectivity index (χ4v) is 0.281. The lowest BCUT2D eigenvalue weighted by atomic mass is 12.9. The molecule has 0 fully saturated rings. The molecule has 0 bridgehead atoms. The summed E-state index contributed by atoms with van der Waals surface area (Å²) in [4.78, 5) is 18.4. The van der Waals surface area contributed by atoms with Gasteiger partial charge in [0.2, 0.25) is 0 Å². The molecule has 0 aromatic carbocycles. The molecule has 0 rings (SSSR count). The van der Waals surface area contributed by atoms with E-state index in [1.54, 1.807) is 0 Å². The summed E-state index contributed by atoms with van der Waals surface area (Å²) < 4.78 is 3.62. The van der Waals surface area contributed by atoms with E-state index in [1.807, 2.05) is 0 Å². The standard InChI is InChI=1S/H2N3O3PS/c1-2-3-6-7(4,5)8/h(H2,4,5,8). The van der Waals surface area contributed by atoms with Crippen molar-refractivity contribution in [3.63, 3.8) is 0 Å². The van der Waals surface area contributed by atoms with Crippen molar-refractivity contribution in [2.45, 2.75) is 0 Å². The third-order valence-corrected chi connectivity index (χ3v) is 0.665. The second kappa shape index (κ2) is 2.86. The molecule has 0 atom stereocenters. The molecule has 0 aliphatic heterocycles. The quantitative estimate of drug-likeness (QED) is 0.198. The van der Waals surface area contributed by atoms with E-state index >= 15 is 0 Å². The van der Waals surface area contributed by atoms with E-state index in [9.17, 15) is 0 Å². The van der Waals surface area contributed by atoms with Crippen LogP contribution in [0.25, 0.3) is 10.4 Å². The molecular formula is H2N3O3PS. The molecule has 8 heavy (non-hydrogen) atoms. The molecule has 0 heterocycles. The summed E-state index contributed by atoms with van der Waals surface area (Å²) in [6.45, 7) is -3.77. The van der Waals surface area contributed by atoms with Gasteiger partial charge in [-0.25, -0.2) is 0 Å². The number of rotatable bonds is 2. The Balaban J connectivity index is 3.74. The zero-order valence-electron chi connectivity index (χ0n) is 3.50. The van der Waals surface area contributed by atoms with Crippen LogP contribution < -0.4 is 0 Å². The van der Waals surface area contributed by atoms with Crippen LogP contribution in [0.1, 0.15) is 0 Å².